The van der Waals surface area contributed by atoms with Crippen LogP contribution >= 0.6 is 34.8 Å². The largest absolute Gasteiger partial charge is 0.505 e. The molecule has 0 saturated carbocycles. The third-order valence-electron chi connectivity index (χ3n) is 2.79. The van der Waals surface area contributed by atoms with Gasteiger partial charge in [-0.05, 0) is 42.3 Å². The number of sulfone groups is 1. The van der Waals surface area contributed by atoms with E-state index in [0.29, 0.717) is 10.6 Å². The van der Waals surface area contributed by atoms with Crippen molar-refractivity contribution >= 4 is 44.6 Å². The van der Waals surface area contributed by atoms with Crippen LogP contribution in [0, 0.1) is 6.92 Å². The van der Waals surface area contributed by atoms with Gasteiger partial charge in [0.1, 0.15) is 4.90 Å². The normalized spacial score (nSPS) is 11.6. The zero-order valence-corrected chi connectivity index (χ0v) is 14.0. The number of halogens is 3. The van der Waals surface area contributed by atoms with Crippen molar-refractivity contribution in [1.29, 1.82) is 0 Å². The summed E-state index contributed by atoms with van der Waals surface area (Å²) in [6.07, 6.45) is 0. The van der Waals surface area contributed by atoms with Gasteiger partial charge >= 0.3 is 0 Å². The van der Waals surface area contributed by atoms with E-state index in [1.165, 1.54) is 12.1 Å². The summed E-state index contributed by atoms with van der Waals surface area (Å²) in [5, 5.41) is 10.3. The van der Waals surface area contributed by atoms with Crippen molar-refractivity contribution in [2.45, 2.75) is 17.6 Å². The molecule has 0 aromatic heterocycles. The van der Waals surface area contributed by atoms with Gasteiger partial charge < -0.3 is 5.11 Å². The fraction of sp³-hybridized carbons (Fsp3) is 0.143. The summed E-state index contributed by atoms with van der Waals surface area (Å²) < 4.78 is 24.9. The maximum atomic E-state index is 12.4. The van der Waals surface area contributed by atoms with E-state index >= 15 is 0 Å². The van der Waals surface area contributed by atoms with Crippen LogP contribution in [0.1, 0.15) is 11.1 Å². The minimum absolute atomic E-state index is 0.108. The molecule has 0 fully saturated rings. The molecule has 0 bridgehead atoms. The van der Waals surface area contributed by atoms with Crippen molar-refractivity contribution in [2.24, 2.45) is 0 Å². The molecule has 0 radical (unpaired) electrons. The molecule has 2 aromatic rings. The first kappa shape index (κ1) is 16.4. The SMILES string of the molecule is Cc1cc(Cl)cc(CS(=O)(=O)c2cc(Cl)cc(Cl)c2O)c1. The highest BCUT2D eigenvalue weighted by Crippen LogP contribution is 2.35. The number of phenols is 1. The number of aryl methyl sites for hydroxylation is 1. The molecule has 0 atom stereocenters. The number of benzene rings is 2. The van der Waals surface area contributed by atoms with E-state index in [4.69, 9.17) is 34.8 Å². The summed E-state index contributed by atoms with van der Waals surface area (Å²) >= 11 is 17.5. The Morgan fingerprint density at radius 3 is 2.24 bits per heavy atom. The second kappa shape index (κ2) is 6.05. The fourth-order valence-electron chi connectivity index (χ4n) is 1.97. The van der Waals surface area contributed by atoms with Gasteiger partial charge in [-0.25, -0.2) is 8.42 Å². The van der Waals surface area contributed by atoms with E-state index in [-0.39, 0.29) is 20.7 Å². The van der Waals surface area contributed by atoms with Gasteiger partial charge in [-0.1, -0.05) is 40.9 Å². The zero-order chi connectivity index (χ0) is 15.8. The number of hydrogen-bond donors (Lipinski definition) is 1. The summed E-state index contributed by atoms with van der Waals surface area (Å²) in [5.41, 5.74) is 1.37. The Hall–Kier alpha value is -0.940. The Morgan fingerprint density at radius 1 is 1.00 bits per heavy atom. The molecule has 112 valence electrons. The monoisotopic (exact) mass is 364 g/mol. The van der Waals surface area contributed by atoms with Gasteiger partial charge in [0.05, 0.1) is 10.8 Å². The van der Waals surface area contributed by atoms with Crippen LogP contribution in [-0.2, 0) is 15.6 Å². The number of phenolic OH excluding ortho intramolecular Hbond substituents is 1. The van der Waals surface area contributed by atoms with Crippen LogP contribution in [0.15, 0.2) is 35.2 Å². The third-order valence-corrected chi connectivity index (χ3v) is 5.21. The first-order valence-corrected chi connectivity index (χ1v) is 8.64. The summed E-state index contributed by atoms with van der Waals surface area (Å²) in [6.45, 7) is 1.82. The summed E-state index contributed by atoms with van der Waals surface area (Å²) in [6, 6.07) is 7.46. The summed E-state index contributed by atoms with van der Waals surface area (Å²) in [7, 11) is -3.80. The topological polar surface area (TPSA) is 54.4 Å². The van der Waals surface area contributed by atoms with Crippen molar-refractivity contribution in [1.82, 2.24) is 0 Å². The molecular formula is C14H11Cl3O3S. The molecule has 7 heteroatoms. The maximum absolute atomic E-state index is 12.4. The highest BCUT2D eigenvalue weighted by molar-refractivity contribution is 7.90. The summed E-state index contributed by atoms with van der Waals surface area (Å²) in [5.74, 6) is -0.807. The summed E-state index contributed by atoms with van der Waals surface area (Å²) in [4.78, 5) is -0.294. The maximum Gasteiger partial charge on any atom is 0.186 e. The molecule has 0 saturated heterocycles. The molecule has 2 aromatic carbocycles. The Balaban J connectivity index is 2.48. The lowest BCUT2D eigenvalue weighted by molar-refractivity contribution is 0.459. The predicted molar refractivity (Wildman–Crippen MR) is 85.2 cm³/mol. The van der Waals surface area contributed by atoms with Crippen molar-refractivity contribution in [3.05, 3.63) is 56.5 Å². The molecule has 1 N–H and O–H groups in total. The van der Waals surface area contributed by atoms with Crippen LogP contribution in [0.2, 0.25) is 15.1 Å². The zero-order valence-electron chi connectivity index (χ0n) is 10.9. The Labute approximate surface area is 138 Å². The lowest BCUT2D eigenvalue weighted by atomic mass is 10.2. The predicted octanol–water partition coefficient (Wildman–Crippen LogP) is 4.63. The molecule has 0 amide bonds. The Bertz CT molecular complexity index is 781. The van der Waals surface area contributed by atoms with Gasteiger partial charge in [0.2, 0.25) is 0 Å². The number of hydrogen-bond acceptors (Lipinski definition) is 3. The highest BCUT2D eigenvalue weighted by Gasteiger charge is 2.22. The first-order valence-electron chi connectivity index (χ1n) is 5.86. The molecule has 0 unspecified atom stereocenters. The fourth-order valence-corrected chi connectivity index (χ4v) is 4.37. The van der Waals surface area contributed by atoms with Crippen LogP contribution in [0.25, 0.3) is 0 Å². The standard InChI is InChI=1S/C14H11Cl3O3S/c1-8-2-9(4-10(15)3-8)7-21(19,20)13-6-11(16)5-12(17)14(13)18/h2-6,18H,7H2,1H3. The first-order chi connectivity index (χ1) is 9.69. The molecule has 0 aliphatic heterocycles. The van der Waals surface area contributed by atoms with Crippen LogP contribution in [0.3, 0.4) is 0 Å². The van der Waals surface area contributed by atoms with Crippen LogP contribution in [0.4, 0.5) is 0 Å². The third kappa shape index (κ3) is 3.83. The van der Waals surface area contributed by atoms with Crippen molar-refractivity contribution in [3.63, 3.8) is 0 Å². The average Bonchev–Trinajstić information content (AvgIpc) is 2.31. The number of aromatic hydroxyl groups is 1. The second-order valence-electron chi connectivity index (χ2n) is 4.63. The Morgan fingerprint density at radius 2 is 1.62 bits per heavy atom. The van der Waals surface area contributed by atoms with E-state index in [0.717, 1.165) is 5.56 Å². The quantitative estimate of drug-likeness (QED) is 0.862. The van der Waals surface area contributed by atoms with Crippen LogP contribution in [0.5, 0.6) is 5.75 Å². The molecule has 21 heavy (non-hydrogen) atoms. The van der Waals surface area contributed by atoms with Crippen LogP contribution in [-0.4, -0.2) is 13.5 Å². The number of rotatable bonds is 3. The van der Waals surface area contributed by atoms with E-state index in [2.05, 4.69) is 0 Å². The van der Waals surface area contributed by atoms with E-state index in [9.17, 15) is 13.5 Å². The Kier molecular flexibility index (Phi) is 4.73. The molecule has 0 heterocycles. The molecule has 3 nitrogen and oxygen atoms in total. The average molecular weight is 366 g/mol. The van der Waals surface area contributed by atoms with E-state index in [1.807, 2.05) is 6.92 Å². The minimum atomic E-state index is -3.80. The van der Waals surface area contributed by atoms with Gasteiger partial charge in [-0.2, -0.15) is 0 Å². The van der Waals surface area contributed by atoms with Crippen molar-refractivity contribution in [2.75, 3.05) is 0 Å². The minimum Gasteiger partial charge on any atom is -0.505 e. The molecule has 0 aliphatic rings. The van der Waals surface area contributed by atoms with Gasteiger partial charge in [0.25, 0.3) is 0 Å². The molecule has 0 aliphatic carbocycles. The lowest BCUT2D eigenvalue weighted by Gasteiger charge is -2.09. The van der Waals surface area contributed by atoms with E-state index < -0.39 is 15.6 Å². The highest BCUT2D eigenvalue weighted by atomic mass is 35.5. The second-order valence-corrected chi connectivity index (χ2v) is 7.87. The van der Waals surface area contributed by atoms with E-state index in [1.54, 1.807) is 18.2 Å². The van der Waals surface area contributed by atoms with Crippen LogP contribution < -0.4 is 0 Å². The van der Waals surface area contributed by atoms with Gasteiger partial charge in [0, 0.05) is 10.0 Å². The van der Waals surface area contributed by atoms with Gasteiger partial charge in [0.15, 0.2) is 15.6 Å². The molecule has 0 spiro atoms. The smallest absolute Gasteiger partial charge is 0.186 e. The lowest BCUT2D eigenvalue weighted by Crippen LogP contribution is -2.06. The molecule has 2 rings (SSSR count). The van der Waals surface area contributed by atoms with Gasteiger partial charge in [-0.3, -0.25) is 0 Å². The molecular weight excluding hydrogens is 355 g/mol. The van der Waals surface area contributed by atoms with Crippen molar-refractivity contribution < 1.29 is 13.5 Å². The van der Waals surface area contributed by atoms with Crippen molar-refractivity contribution in [3.8, 4) is 5.75 Å². The van der Waals surface area contributed by atoms with Gasteiger partial charge in [-0.15, -0.1) is 0 Å².